The van der Waals surface area contributed by atoms with Gasteiger partial charge in [-0.1, -0.05) is 36.7 Å². The Bertz CT molecular complexity index is 580. The van der Waals surface area contributed by atoms with Crippen molar-refractivity contribution in [2.75, 3.05) is 13.7 Å². The standard InChI is InChI=1S/C18H22ClNO/c1-4-20-18(17-12-15(19)8-5-13(17)2)11-14-6-9-16(21-3)10-7-14/h5-10,12,18,20H,4,11H2,1-3H3. The second-order valence-electron chi connectivity index (χ2n) is 5.16. The molecule has 0 saturated carbocycles. The summed E-state index contributed by atoms with van der Waals surface area (Å²) in [6, 6.07) is 14.6. The van der Waals surface area contributed by atoms with Crippen LogP contribution in [0, 0.1) is 6.92 Å². The third-order valence-corrected chi connectivity index (χ3v) is 3.90. The number of likely N-dealkylation sites (N-methyl/N-ethyl adjacent to an activating group) is 1. The lowest BCUT2D eigenvalue weighted by Gasteiger charge is -2.21. The number of halogens is 1. The SMILES string of the molecule is CCNC(Cc1ccc(OC)cc1)c1cc(Cl)ccc1C. The molecule has 0 aliphatic carbocycles. The van der Waals surface area contributed by atoms with E-state index in [0.717, 1.165) is 23.7 Å². The molecule has 0 aromatic heterocycles. The molecule has 0 saturated heterocycles. The maximum atomic E-state index is 6.16. The zero-order valence-electron chi connectivity index (χ0n) is 12.8. The molecule has 2 nitrogen and oxygen atoms in total. The summed E-state index contributed by atoms with van der Waals surface area (Å²) in [5.41, 5.74) is 3.81. The van der Waals surface area contributed by atoms with E-state index in [0.29, 0.717) is 0 Å². The van der Waals surface area contributed by atoms with Crippen LogP contribution in [0.4, 0.5) is 0 Å². The first-order valence-electron chi connectivity index (χ1n) is 7.26. The molecule has 0 bridgehead atoms. The van der Waals surface area contributed by atoms with E-state index in [2.05, 4.69) is 43.4 Å². The van der Waals surface area contributed by atoms with E-state index >= 15 is 0 Å². The highest BCUT2D eigenvalue weighted by molar-refractivity contribution is 6.30. The molecule has 0 aliphatic rings. The van der Waals surface area contributed by atoms with Crippen LogP contribution in [-0.4, -0.2) is 13.7 Å². The Kier molecular flexibility index (Phi) is 5.66. The van der Waals surface area contributed by atoms with E-state index in [1.165, 1.54) is 16.7 Å². The minimum Gasteiger partial charge on any atom is -0.497 e. The van der Waals surface area contributed by atoms with E-state index in [4.69, 9.17) is 16.3 Å². The normalized spacial score (nSPS) is 12.2. The fourth-order valence-corrected chi connectivity index (χ4v) is 2.70. The Morgan fingerprint density at radius 2 is 1.86 bits per heavy atom. The van der Waals surface area contributed by atoms with Gasteiger partial charge >= 0.3 is 0 Å². The van der Waals surface area contributed by atoms with Crippen LogP contribution in [0.2, 0.25) is 5.02 Å². The van der Waals surface area contributed by atoms with Crippen LogP contribution in [-0.2, 0) is 6.42 Å². The van der Waals surface area contributed by atoms with Gasteiger partial charge in [0.2, 0.25) is 0 Å². The monoisotopic (exact) mass is 303 g/mol. The predicted molar refractivity (Wildman–Crippen MR) is 89.3 cm³/mol. The zero-order chi connectivity index (χ0) is 15.2. The van der Waals surface area contributed by atoms with Gasteiger partial charge in [-0.15, -0.1) is 0 Å². The van der Waals surface area contributed by atoms with E-state index in [-0.39, 0.29) is 6.04 Å². The first-order valence-corrected chi connectivity index (χ1v) is 7.64. The maximum absolute atomic E-state index is 6.16. The Morgan fingerprint density at radius 3 is 2.48 bits per heavy atom. The van der Waals surface area contributed by atoms with Crippen molar-refractivity contribution in [1.29, 1.82) is 0 Å². The van der Waals surface area contributed by atoms with Crippen molar-refractivity contribution in [1.82, 2.24) is 5.32 Å². The van der Waals surface area contributed by atoms with Gasteiger partial charge in [0.25, 0.3) is 0 Å². The van der Waals surface area contributed by atoms with Gasteiger partial charge in [-0.3, -0.25) is 0 Å². The molecule has 1 N–H and O–H groups in total. The van der Waals surface area contributed by atoms with Gasteiger partial charge < -0.3 is 10.1 Å². The Morgan fingerprint density at radius 1 is 1.14 bits per heavy atom. The lowest BCUT2D eigenvalue weighted by Crippen LogP contribution is -2.23. The summed E-state index contributed by atoms with van der Waals surface area (Å²) in [5, 5.41) is 4.34. The molecule has 1 atom stereocenters. The molecule has 2 aromatic rings. The van der Waals surface area contributed by atoms with E-state index in [1.54, 1.807) is 7.11 Å². The predicted octanol–water partition coefficient (Wildman–Crippen LogP) is 4.55. The summed E-state index contributed by atoms with van der Waals surface area (Å²) in [6.07, 6.45) is 0.930. The topological polar surface area (TPSA) is 21.3 Å². The molecule has 0 heterocycles. The van der Waals surface area contributed by atoms with Crippen molar-refractivity contribution < 1.29 is 4.74 Å². The molecular formula is C18H22ClNO. The van der Waals surface area contributed by atoms with Gasteiger partial charge in [0.15, 0.2) is 0 Å². The number of benzene rings is 2. The van der Waals surface area contributed by atoms with Crippen molar-refractivity contribution in [2.45, 2.75) is 26.3 Å². The molecule has 0 radical (unpaired) electrons. The van der Waals surface area contributed by atoms with Gasteiger partial charge in [0.1, 0.15) is 5.75 Å². The Hall–Kier alpha value is -1.51. The highest BCUT2D eigenvalue weighted by atomic mass is 35.5. The summed E-state index contributed by atoms with van der Waals surface area (Å²) in [4.78, 5) is 0. The number of rotatable bonds is 6. The molecule has 0 aliphatic heterocycles. The van der Waals surface area contributed by atoms with Crippen molar-refractivity contribution in [3.63, 3.8) is 0 Å². The van der Waals surface area contributed by atoms with Crippen LogP contribution in [0.1, 0.15) is 29.7 Å². The van der Waals surface area contributed by atoms with Crippen LogP contribution in [0.25, 0.3) is 0 Å². The second-order valence-corrected chi connectivity index (χ2v) is 5.60. The second kappa shape index (κ2) is 7.48. The van der Waals surface area contributed by atoms with E-state index in [1.807, 2.05) is 18.2 Å². The van der Waals surface area contributed by atoms with Crippen LogP contribution < -0.4 is 10.1 Å². The highest BCUT2D eigenvalue weighted by Gasteiger charge is 2.14. The van der Waals surface area contributed by atoms with Crippen LogP contribution in [0.5, 0.6) is 5.75 Å². The fourth-order valence-electron chi connectivity index (χ4n) is 2.52. The molecule has 0 fully saturated rings. The number of nitrogens with one attached hydrogen (secondary N) is 1. The largest absolute Gasteiger partial charge is 0.497 e. The molecule has 2 aromatic carbocycles. The quantitative estimate of drug-likeness (QED) is 0.845. The van der Waals surface area contributed by atoms with Gasteiger partial charge in [0.05, 0.1) is 7.11 Å². The smallest absolute Gasteiger partial charge is 0.118 e. The molecule has 1 unspecified atom stereocenters. The van der Waals surface area contributed by atoms with Gasteiger partial charge in [0, 0.05) is 11.1 Å². The molecule has 3 heteroatoms. The van der Waals surface area contributed by atoms with E-state index < -0.39 is 0 Å². The summed E-state index contributed by atoms with van der Waals surface area (Å²) >= 11 is 6.16. The van der Waals surface area contributed by atoms with Crippen LogP contribution >= 0.6 is 11.6 Å². The van der Waals surface area contributed by atoms with Crippen molar-refractivity contribution >= 4 is 11.6 Å². The molecule has 0 spiro atoms. The number of hydrogen-bond acceptors (Lipinski definition) is 2. The number of methoxy groups -OCH3 is 1. The molecule has 112 valence electrons. The van der Waals surface area contributed by atoms with Gasteiger partial charge in [-0.2, -0.15) is 0 Å². The summed E-state index contributed by atoms with van der Waals surface area (Å²) in [7, 11) is 1.69. The molecule has 0 amide bonds. The van der Waals surface area contributed by atoms with Crippen molar-refractivity contribution in [3.05, 3.63) is 64.2 Å². The first kappa shape index (κ1) is 15.9. The Balaban J connectivity index is 2.23. The first-order chi connectivity index (χ1) is 10.1. The third-order valence-electron chi connectivity index (χ3n) is 3.67. The average Bonchev–Trinajstić information content (AvgIpc) is 2.50. The summed E-state index contributed by atoms with van der Waals surface area (Å²) in [6.45, 7) is 5.18. The van der Waals surface area contributed by atoms with Crippen molar-refractivity contribution in [2.24, 2.45) is 0 Å². The summed E-state index contributed by atoms with van der Waals surface area (Å²) in [5.74, 6) is 0.887. The van der Waals surface area contributed by atoms with Crippen LogP contribution in [0.15, 0.2) is 42.5 Å². The number of ether oxygens (including phenoxy) is 1. The average molecular weight is 304 g/mol. The fraction of sp³-hybridized carbons (Fsp3) is 0.333. The minimum absolute atomic E-state index is 0.266. The summed E-state index contributed by atoms with van der Waals surface area (Å²) < 4.78 is 5.21. The zero-order valence-corrected chi connectivity index (χ0v) is 13.6. The van der Waals surface area contributed by atoms with Gasteiger partial charge in [-0.05, 0) is 60.8 Å². The third kappa shape index (κ3) is 4.23. The number of aryl methyl sites for hydroxylation is 1. The molecule has 2 rings (SSSR count). The highest BCUT2D eigenvalue weighted by Crippen LogP contribution is 2.25. The molecule has 21 heavy (non-hydrogen) atoms. The minimum atomic E-state index is 0.266. The maximum Gasteiger partial charge on any atom is 0.118 e. The lowest BCUT2D eigenvalue weighted by atomic mass is 9.95. The lowest BCUT2D eigenvalue weighted by molar-refractivity contribution is 0.414. The van der Waals surface area contributed by atoms with Gasteiger partial charge in [-0.25, -0.2) is 0 Å². The molecular weight excluding hydrogens is 282 g/mol. The van der Waals surface area contributed by atoms with E-state index in [9.17, 15) is 0 Å². The van der Waals surface area contributed by atoms with Crippen LogP contribution in [0.3, 0.4) is 0 Å². The number of hydrogen-bond donors (Lipinski definition) is 1. The van der Waals surface area contributed by atoms with Crippen molar-refractivity contribution in [3.8, 4) is 5.75 Å². The Labute approximate surface area is 132 Å².